The van der Waals surface area contributed by atoms with Gasteiger partial charge >= 0.3 is 5.97 Å². The molecule has 26 heavy (non-hydrogen) atoms. The Kier molecular flexibility index (Phi) is 5.63. The largest absolute Gasteiger partial charge is 0.508 e. The third-order valence-corrected chi connectivity index (χ3v) is 5.57. The van der Waals surface area contributed by atoms with Crippen molar-refractivity contribution < 1.29 is 14.6 Å². The number of methoxy groups -OCH3 is 1. The summed E-state index contributed by atoms with van der Waals surface area (Å²) in [5.41, 5.74) is 1.51. The molecule has 0 radical (unpaired) electrons. The van der Waals surface area contributed by atoms with E-state index in [9.17, 15) is 9.90 Å². The summed E-state index contributed by atoms with van der Waals surface area (Å²) >= 11 is 7.02. The number of thiocarbonyl (C=S) groups is 1. The number of rotatable bonds is 3. The van der Waals surface area contributed by atoms with Crippen LogP contribution in [0.3, 0.4) is 0 Å². The zero-order valence-corrected chi connectivity index (χ0v) is 16.3. The lowest BCUT2D eigenvalue weighted by Gasteiger charge is -2.37. The maximum absolute atomic E-state index is 11.9. The van der Waals surface area contributed by atoms with E-state index in [-0.39, 0.29) is 11.7 Å². The molecule has 3 rings (SSSR count). The molecule has 6 nitrogen and oxygen atoms in total. The lowest BCUT2D eigenvalue weighted by atomic mass is 10.2. The topological polar surface area (TPSA) is 65.0 Å². The Hall–Kier alpha value is -2.32. The Labute approximate surface area is 162 Å². The van der Waals surface area contributed by atoms with Gasteiger partial charge in [-0.05, 0) is 37.3 Å². The van der Waals surface area contributed by atoms with Gasteiger partial charge in [-0.15, -0.1) is 11.3 Å². The molecule has 0 amide bonds. The molecule has 1 aliphatic rings. The normalized spacial score (nSPS) is 14.2. The number of phenols is 1. The summed E-state index contributed by atoms with van der Waals surface area (Å²) in [6.07, 6.45) is 0. The number of thiophene rings is 1. The Bertz CT molecular complexity index is 814. The van der Waals surface area contributed by atoms with Gasteiger partial charge in [-0.3, -0.25) is 0 Å². The summed E-state index contributed by atoms with van der Waals surface area (Å²) in [5, 5.41) is 14.2. The van der Waals surface area contributed by atoms with Crippen molar-refractivity contribution >= 4 is 45.3 Å². The fourth-order valence-corrected chi connectivity index (χ4v) is 4.15. The number of aryl methyl sites for hydroxylation is 1. The summed E-state index contributed by atoms with van der Waals surface area (Å²) < 4.78 is 4.83. The number of esters is 1. The molecule has 0 aliphatic carbocycles. The van der Waals surface area contributed by atoms with Crippen molar-refractivity contribution in [2.45, 2.75) is 6.92 Å². The number of anilines is 2. The number of hydrogen-bond donors (Lipinski definition) is 2. The Morgan fingerprint density at radius 2 is 2.00 bits per heavy atom. The minimum atomic E-state index is -0.367. The summed E-state index contributed by atoms with van der Waals surface area (Å²) in [6, 6.07) is 9.07. The molecule has 0 atom stereocenters. The van der Waals surface area contributed by atoms with Crippen LogP contribution in [0.5, 0.6) is 5.75 Å². The van der Waals surface area contributed by atoms with Crippen molar-refractivity contribution in [2.24, 2.45) is 0 Å². The van der Waals surface area contributed by atoms with Crippen LogP contribution in [0.15, 0.2) is 30.3 Å². The van der Waals surface area contributed by atoms with Gasteiger partial charge in [0.15, 0.2) is 5.11 Å². The van der Waals surface area contributed by atoms with Crippen LogP contribution in [-0.2, 0) is 4.74 Å². The van der Waals surface area contributed by atoms with E-state index in [2.05, 4.69) is 15.1 Å². The number of carbonyl (C=O) groups is 1. The summed E-state index contributed by atoms with van der Waals surface area (Å²) in [6.45, 7) is 5.08. The van der Waals surface area contributed by atoms with Crippen LogP contribution in [0, 0.1) is 6.92 Å². The van der Waals surface area contributed by atoms with E-state index in [0.29, 0.717) is 10.7 Å². The smallest absolute Gasteiger partial charge is 0.340 e. The molecule has 2 N–H and O–H groups in total. The highest BCUT2D eigenvalue weighted by atomic mass is 32.1. The van der Waals surface area contributed by atoms with Crippen molar-refractivity contribution in [1.29, 1.82) is 0 Å². The standard InChI is InChI=1S/C18H21N3O3S2/c1-12-10-15(17(23)24-2)16(26-12)19-18(25)21-8-6-20(7-9-21)13-4-3-5-14(22)11-13/h3-5,10-11,22H,6-9H2,1-2H3,(H,19,25). The molecule has 2 heterocycles. The average molecular weight is 392 g/mol. The van der Waals surface area contributed by atoms with Gasteiger partial charge in [-0.25, -0.2) is 4.79 Å². The Morgan fingerprint density at radius 3 is 2.65 bits per heavy atom. The van der Waals surface area contributed by atoms with Gasteiger partial charge in [-0.2, -0.15) is 0 Å². The second-order valence-electron chi connectivity index (χ2n) is 6.02. The van der Waals surface area contributed by atoms with Crippen LogP contribution in [0.25, 0.3) is 0 Å². The highest BCUT2D eigenvalue weighted by Gasteiger charge is 2.22. The maximum atomic E-state index is 11.9. The van der Waals surface area contributed by atoms with Gasteiger partial charge in [0.1, 0.15) is 10.8 Å². The first-order valence-corrected chi connectivity index (χ1v) is 9.49. The molecule has 0 saturated carbocycles. The molecular formula is C18H21N3O3S2. The number of phenolic OH excluding ortho intramolecular Hbond substituents is 1. The number of ether oxygens (including phenoxy) is 1. The number of carbonyl (C=O) groups excluding carboxylic acids is 1. The zero-order valence-electron chi connectivity index (χ0n) is 14.7. The molecule has 1 fully saturated rings. The Balaban J connectivity index is 1.62. The Morgan fingerprint density at radius 1 is 1.27 bits per heavy atom. The van der Waals surface area contributed by atoms with Crippen LogP contribution in [-0.4, -0.2) is 54.4 Å². The van der Waals surface area contributed by atoms with Crippen LogP contribution in [0.4, 0.5) is 10.7 Å². The molecule has 0 bridgehead atoms. The second-order valence-corrected chi connectivity index (χ2v) is 7.66. The number of piperazine rings is 1. The molecule has 2 aromatic rings. The van der Waals surface area contributed by atoms with Gasteiger partial charge in [0.05, 0.1) is 12.7 Å². The van der Waals surface area contributed by atoms with E-state index >= 15 is 0 Å². The number of nitrogens with one attached hydrogen (secondary N) is 1. The van der Waals surface area contributed by atoms with Gasteiger partial charge in [0.25, 0.3) is 0 Å². The van der Waals surface area contributed by atoms with E-state index in [1.807, 2.05) is 19.1 Å². The monoisotopic (exact) mass is 391 g/mol. The average Bonchev–Trinajstić information content (AvgIpc) is 3.01. The first-order valence-electron chi connectivity index (χ1n) is 8.26. The van der Waals surface area contributed by atoms with Crippen molar-refractivity contribution in [3.05, 3.63) is 40.8 Å². The first-order chi connectivity index (χ1) is 12.5. The first kappa shape index (κ1) is 18.5. The zero-order chi connectivity index (χ0) is 18.7. The third-order valence-electron chi connectivity index (χ3n) is 4.24. The highest BCUT2D eigenvalue weighted by molar-refractivity contribution is 7.80. The molecule has 0 unspecified atom stereocenters. The molecule has 1 aromatic carbocycles. The van der Waals surface area contributed by atoms with Crippen molar-refractivity contribution in [3.63, 3.8) is 0 Å². The minimum absolute atomic E-state index is 0.269. The van der Waals surface area contributed by atoms with Crippen LogP contribution >= 0.6 is 23.6 Å². The van der Waals surface area contributed by atoms with Crippen molar-refractivity contribution in [1.82, 2.24) is 4.90 Å². The fourth-order valence-electron chi connectivity index (χ4n) is 2.90. The van der Waals surface area contributed by atoms with Crippen LogP contribution in [0.1, 0.15) is 15.2 Å². The number of benzene rings is 1. The molecule has 1 aliphatic heterocycles. The minimum Gasteiger partial charge on any atom is -0.508 e. The molecule has 0 spiro atoms. The van der Waals surface area contributed by atoms with E-state index in [1.165, 1.54) is 18.4 Å². The molecule has 8 heteroatoms. The van der Waals surface area contributed by atoms with Gasteiger partial charge in [0, 0.05) is 42.8 Å². The van der Waals surface area contributed by atoms with E-state index in [4.69, 9.17) is 17.0 Å². The predicted molar refractivity (Wildman–Crippen MR) is 109 cm³/mol. The predicted octanol–water partition coefficient (Wildman–Crippen LogP) is 3.07. The van der Waals surface area contributed by atoms with E-state index in [1.54, 1.807) is 18.2 Å². The van der Waals surface area contributed by atoms with Gasteiger partial charge in [0.2, 0.25) is 0 Å². The number of hydrogen-bond acceptors (Lipinski definition) is 6. The lowest BCUT2D eigenvalue weighted by Crippen LogP contribution is -2.50. The van der Waals surface area contributed by atoms with Crippen molar-refractivity contribution in [3.8, 4) is 5.75 Å². The summed E-state index contributed by atoms with van der Waals surface area (Å²) in [4.78, 5) is 17.2. The molecule has 1 saturated heterocycles. The number of nitrogens with zero attached hydrogens (tertiary/aromatic N) is 2. The lowest BCUT2D eigenvalue weighted by molar-refractivity contribution is 0.0602. The molecular weight excluding hydrogens is 370 g/mol. The van der Waals surface area contributed by atoms with Crippen molar-refractivity contribution in [2.75, 3.05) is 43.5 Å². The van der Waals surface area contributed by atoms with Crippen LogP contribution in [0.2, 0.25) is 0 Å². The quantitative estimate of drug-likeness (QED) is 0.616. The van der Waals surface area contributed by atoms with Gasteiger partial charge in [-0.1, -0.05) is 6.07 Å². The van der Waals surface area contributed by atoms with E-state index < -0.39 is 0 Å². The van der Waals surface area contributed by atoms with E-state index in [0.717, 1.165) is 41.7 Å². The SMILES string of the molecule is COC(=O)c1cc(C)sc1NC(=S)N1CCN(c2cccc(O)c2)CC1. The van der Waals surface area contributed by atoms with Crippen LogP contribution < -0.4 is 10.2 Å². The summed E-state index contributed by atoms with van der Waals surface area (Å²) in [7, 11) is 1.37. The summed E-state index contributed by atoms with van der Waals surface area (Å²) in [5.74, 6) is -0.0983. The fraction of sp³-hybridized carbons (Fsp3) is 0.333. The number of aromatic hydroxyl groups is 1. The highest BCUT2D eigenvalue weighted by Crippen LogP contribution is 2.29. The van der Waals surface area contributed by atoms with Gasteiger partial charge < -0.3 is 25.0 Å². The third kappa shape index (κ3) is 4.08. The maximum Gasteiger partial charge on any atom is 0.340 e. The molecule has 1 aromatic heterocycles. The second kappa shape index (κ2) is 7.92. The molecule has 138 valence electrons.